The number of piperidine rings is 1. The Bertz CT molecular complexity index is 477. The SMILES string of the molecule is CC(O)c1ccc(N2CCCCC2C(N)=O)cc1Br. The zero-order chi connectivity index (χ0) is 14.0. The second-order valence-corrected chi connectivity index (χ2v) is 5.84. The largest absolute Gasteiger partial charge is 0.389 e. The van der Waals surface area contributed by atoms with E-state index < -0.39 is 6.10 Å². The molecule has 1 saturated heterocycles. The fourth-order valence-corrected chi connectivity index (χ4v) is 3.27. The van der Waals surface area contributed by atoms with Crippen LogP contribution in [0.1, 0.15) is 37.9 Å². The first-order chi connectivity index (χ1) is 9.00. The van der Waals surface area contributed by atoms with Crippen molar-refractivity contribution in [3.63, 3.8) is 0 Å². The molecule has 1 fully saturated rings. The summed E-state index contributed by atoms with van der Waals surface area (Å²) in [6.07, 6.45) is 2.40. The van der Waals surface area contributed by atoms with Gasteiger partial charge in [-0.05, 0) is 43.9 Å². The molecule has 5 heteroatoms. The number of hydrogen-bond donors (Lipinski definition) is 2. The third kappa shape index (κ3) is 3.09. The van der Waals surface area contributed by atoms with E-state index in [0.717, 1.165) is 41.5 Å². The molecule has 19 heavy (non-hydrogen) atoms. The summed E-state index contributed by atoms with van der Waals surface area (Å²) in [5, 5.41) is 9.63. The van der Waals surface area contributed by atoms with Gasteiger partial charge in [-0.15, -0.1) is 0 Å². The Labute approximate surface area is 121 Å². The van der Waals surface area contributed by atoms with Crippen molar-refractivity contribution in [1.29, 1.82) is 0 Å². The lowest BCUT2D eigenvalue weighted by Gasteiger charge is -2.35. The number of halogens is 1. The predicted molar refractivity (Wildman–Crippen MR) is 79.0 cm³/mol. The summed E-state index contributed by atoms with van der Waals surface area (Å²) in [5.41, 5.74) is 7.29. The number of nitrogens with zero attached hydrogens (tertiary/aromatic N) is 1. The van der Waals surface area contributed by atoms with Gasteiger partial charge in [0, 0.05) is 16.7 Å². The topological polar surface area (TPSA) is 66.6 Å². The van der Waals surface area contributed by atoms with Crippen LogP contribution in [-0.4, -0.2) is 23.6 Å². The van der Waals surface area contributed by atoms with Gasteiger partial charge in [-0.1, -0.05) is 22.0 Å². The average molecular weight is 327 g/mol. The minimum atomic E-state index is -0.517. The fourth-order valence-electron chi connectivity index (χ4n) is 2.57. The summed E-state index contributed by atoms with van der Waals surface area (Å²) in [5.74, 6) is -0.268. The van der Waals surface area contributed by atoms with Gasteiger partial charge in [-0.25, -0.2) is 0 Å². The molecule has 0 aliphatic carbocycles. The molecular weight excluding hydrogens is 308 g/mol. The third-order valence-electron chi connectivity index (χ3n) is 3.60. The molecule has 0 radical (unpaired) electrons. The first-order valence-electron chi connectivity index (χ1n) is 6.54. The Morgan fingerprint density at radius 2 is 2.26 bits per heavy atom. The van der Waals surface area contributed by atoms with Crippen molar-refractivity contribution in [2.75, 3.05) is 11.4 Å². The molecule has 3 N–H and O–H groups in total. The monoisotopic (exact) mass is 326 g/mol. The number of carbonyl (C=O) groups is 1. The van der Waals surface area contributed by atoms with E-state index in [1.54, 1.807) is 6.92 Å². The Morgan fingerprint density at radius 3 is 2.84 bits per heavy atom. The molecule has 4 nitrogen and oxygen atoms in total. The van der Waals surface area contributed by atoms with Gasteiger partial charge in [0.2, 0.25) is 5.91 Å². The van der Waals surface area contributed by atoms with E-state index >= 15 is 0 Å². The van der Waals surface area contributed by atoms with E-state index in [9.17, 15) is 9.90 Å². The first kappa shape index (κ1) is 14.3. The molecule has 104 valence electrons. The molecule has 2 unspecified atom stereocenters. The van der Waals surface area contributed by atoms with Crippen LogP contribution in [0.3, 0.4) is 0 Å². The minimum Gasteiger partial charge on any atom is -0.389 e. The van der Waals surface area contributed by atoms with Gasteiger partial charge in [0.25, 0.3) is 0 Å². The molecular formula is C14H19BrN2O2. The predicted octanol–water partition coefficient (Wildman–Crippen LogP) is 2.35. The second kappa shape index (κ2) is 5.92. The summed E-state index contributed by atoms with van der Waals surface area (Å²) < 4.78 is 0.855. The van der Waals surface area contributed by atoms with Gasteiger partial charge in [0.1, 0.15) is 6.04 Å². The van der Waals surface area contributed by atoms with Crippen LogP contribution in [0.5, 0.6) is 0 Å². The molecule has 1 aromatic rings. The van der Waals surface area contributed by atoms with E-state index in [-0.39, 0.29) is 11.9 Å². The number of carbonyl (C=O) groups excluding carboxylic acids is 1. The van der Waals surface area contributed by atoms with Crippen LogP contribution < -0.4 is 10.6 Å². The second-order valence-electron chi connectivity index (χ2n) is 4.99. The Kier molecular flexibility index (Phi) is 4.47. The lowest BCUT2D eigenvalue weighted by Crippen LogP contribution is -2.47. The smallest absolute Gasteiger partial charge is 0.240 e. The highest BCUT2D eigenvalue weighted by molar-refractivity contribution is 9.10. The molecule has 2 atom stereocenters. The number of primary amides is 1. The van der Waals surface area contributed by atoms with Crippen LogP contribution >= 0.6 is 15.9 Å². The van der Waals surface area contributed by atoms with Gasteiger partial charge in [0.05, 0.1) is 6.10 Å². The summed E-state index contributed by atoms with van der Waals surface area (Å²) in [7, 11) is 0. The molecule has 0 bridgehead atoms. The lowest BCUT2D eigenvalue weighted by molar-refractivity contribution is -0.119. The molecule has 1 heterocycles. The number of nitrogens with two attached hydrogens (primary N) is 1. The van der Waals surface area contributed by atoms with Crippen LogP contribution in [0.15, 0.2) is 22.7 Å². The van der Waals surface area contributed by atoms with Crippen molar-refractivity contribution in [2.45, 2.75) is 38.3 Å². The van der Waals surface area contributed by atoms with Crippen LogP contribution in [0.4, 0.5) is 5.69 Å². The molecule has 1 amide bonds. The highest BCUT2D eigenvalue weighted by atomic mass is 79.9. The average Bonchev–Trinajstić information content (AvgIpc) is 2.38. The molecule has 1 aliphatic heterocycles. The van der Waals surface area contributed by atoms with Crippen LogP contribution in [0.2, 0.25) is 0 Å². The highest BCUT2D eigenvalue weighted by Crippen LogP contribution is 2.31. The highest BCUT2D eigenvalue weighted by Gasteiger charge is 2.27. The number of aliphatic hydroxyl groups excluding tert-OH is 1. The fraction of sp³-hybridized carbons (Fsp3) is 0.500. The maximum absolute atomic E-state index is 11.5. The summed E-state index contributed by atoms with van der Waals surface area (Å²) in [4.78, 5) is 13.6. The summed E-state index contributed by atoms with van der Waals surface area (Å²) in [6, 6.07) is 5.55. The number of anilines is 1. The van der Waals surface area contributed by atoms with Crippen LogP contribution in [0, 0.1) is 0 Å². The minimum absolute atomic E-state index is 0.224. The Balaban J connectivity index is 2.29. The quantitative estimate of drug-likeness (QED) is 0.895. The van der Waals surface area contributed by atoms with Crippen molar-refractivity contribution < 1.29 is 9.90 Å². The number of hydrogen-bond acceptors (Lipinski definition) is 3. The Hall–Kier alpha value is -1.07. The van der Waals surface area contributed by atoms with Gasteiger partial charge in [-0.2, -0.15) is 0 Å². The Morgan fingerprint density at radius 1 is 1.53 bits per heavy atom. The molecule has 2 rings (SSSR count). The van der Waals surface area contributed by atoms with Crippen LogP contribution in [0.25, 0.3) is 0 Å². The number of amides is 1. The van der Waals surface area contributed by atoms with E-state index in [0.29, 0.717) is 0 Å². The van der Waals surface area contributed by atoms with Gasteiger partial charge < -0.3 is 15.7 Å². The normalized spacial score (nSPS) is 21.2. The van der Waals surface area contributed by atoms with Crippen molar-refractivity contribution in [3.8, 4) is 0 Å². The van der Waals surface area contributed by atoms with Crippen molar-refractivity contribution in [3.05, 3.63) is 28.2 Å². The number of aliphatic hydroxyl groups is 1. The van der Waals surface area contributed by atoms with Gasteiger partial charge in [-0.3, -0.25) is 4.79 Å². The zero-order valence-corrected chi connectivity index (χ0v) is 12.6. The van der Waals surface area contributed by atoms with E-state index in [2.05, 4.69) is 20.8 Å². The van der Waals surface area contributed by atoms with E-state index in [1.807, 2.05) is 18.2 Å². The summed E-state index contributed by atoms with van der Waals surface area (Å²) in [6.45, 7) is 2.57. The maximum Gasteiger partial charge on any atom is 0.240 e. The molecule has 0 aromatic heterocycles. The molecule has 1 aliphatic rings. The van der Waals surface area contributed by atoms with Gasteiger partial charge in [0.15, 0.2) is 0 Å². The lowest BCUT2D eigenvalue weighted by atomic mass is 10.00. The molecule has 0 spiro atoms. The van der Waals surface area contributed by atoms with Crippen molar-refractivity contribution >= 4 is 27.5 Å². The summed E-state index contributed by atoms with van der Waals surface area (Å²) >= 11 is 3.47. The zero-order valence-electron chi connectivity index (χ0n) is 11.0. The standard InChI is InChI=1S/C14H19BrN2O2/c1-9(18)11-6-5-10(8-12(11)15)17-7-3-2-4-13(17)14(16)19/h5-6,8-9,13,18H,2-4,7H2,1H3,(H2,16,19). The first-order valence-corrected chi connectivity index (χ1v) is 7.33. The van der Waals surface area contributed by atoms with Crippen molar-refractivity contribution in [2.24, 2.45) is 5.73 Å². The molecule has 0 saturated carbocycles. The van der Waals surface area contributed by atoms with E-state index in [1.165, 1.54) is 0 Å². The maximum atomic E-state index is 11.5. The van der Waals surface area contributed by atoms with Crippen molar-refractivity contribution in [1.82, 2.24) is 0 Å². The van der Waals surface area contributed by atoms with Gasteiger partial charge >= 0.3 is 0 Å². The number of rotatable bonds is 3. The number of benzene rings is 1. The third-order valence-corrected chi connectivity index (χ3v) is 4.28. The molecule has 1 aromatic carbocycles. The van der Waals surface area contributed by atoms with Crippen LogP contribution in [-0.2, 0) is 4.79 Å². The van der Waals surface area contributed by atoms with E-state index in [4.69, 9.17) is 5.73 Å².